The summed E-state index contributed by atoms with van der Waals surface area (Å²) in [5.74, 6) is 0.165. The summed E-state index contributed by atoms with van der Waals surface area (Å²) in [7, 11) is 0. The summed E-state index contributed by atoms with van der Waals surface area (Å²) in [5, 5.41) is 0. The van der Waals surface area contributed by atoms with Crippen molar-refractivity contribution in [1.82, 2.24) is 0 Å². The molecule has 0 N–H and O–H groups in total. The molecule has 0 heterocycles. The van der Waals surface area contributed by atoms with Crippen LogP contribution in [-0.4, -0.2) is 8.62 Å². The maximum Gasteiger partial charge on any atom is 0.194 e. The van der Waals surface area contributed by atoms with Crippen molar-refractivity contribution in [2.24, 2.45) is 5.92 Å². The minimum atomic E-state index is -1.11. The average molecular weight is 308 g/mol. The van der Waals surface area contributed by atoms with Crippen LogP contribution in [0.4, 0.5) is 0 Å². The summed E-state index contributed by atoms with van der Waals surface area (Å²) in [4.78, 5) is 0.361. The third-order valence-electron chi connectivity index (χ3n) is 2.60. The molecular formula is C9H14BrCl3. The molecule has 0 aromatic carbocycles. The van der Waals surface area contributed by atoms with Gasteiger partial charge in [-0.05, 0) is 12.8 Å². The second kappa shape index (κ2) is 5.44. The van der Waals surface area contributed by atoms with E-state index in [0.29, 0.717) is 4.83 Å². The molecule has 0 amide bonds. The summed E-state index contributed by atoms with van der Waals surface area (Å²) < 4.78 is -1.11. The van der Waals surface area contributed by atoms with Crippen LogP contribution in [0, 0.1) is 5.92 Å². The fourth-order valence-corrected chi connectivity index (χ4v) is 4.03. The molecule has 13 heavy (non-hydrogen) atoms. The van der Waals surface area contributed by atoms with E-state index < -0.39 is 3.79 Å². The Morgan fingerprint density at radius 2 is 1.46 bits per heavy atom. The standard InChI is InChI=1S/C9H14BrCl3/c10-8-6-4-2-1-3-5-7(8)9(11,12)13/h7-8H,1-6H2. The average Bonchev–Trinajstić information content (AvgIpc) is 1.94. The molecule has 0 saturated heterocycles. The third kappa shape index (κ3) is 4.15. The number of hydrogen-bond acceptors (Lipinski definition) is 0. The van der Waals surface area contributed by atoms with Crippen molar-refractivity contribution in [2.45, 2.75) is 47.1 Å². The second-order valence-corrected chi connectivity index (χ2v) is 7.20. The number of rotatable bonds is 0. The molecule has 0 aromatic heterocycles. The molecule has 0 aromatic rings. The molecule has 4 heteroatoms. The Labute approximate surface area is 103 Å². The van der Waals surface area contributed by atoms with Gasteiger partial charge >= 0.3 is 0 Å². The van der Waals surface area contributed by atoms with E-state index in [1.54, 1.807) is 0 Å². The Morgan fingerprint density at radius 1 is 0.923 bits per heavy atom. The van der Waals surface area contributed by atoms with Gasteiger partial charge in [0.1, 0.15) is 0 Å². The largest absolute Gasteiger partial charge is 0.194 e. The molecule has 1 aliphatic rings. The molecule has 2 atom stereocenters. The van der Waals surface area contributed by atoms with Gasteiger partial charge in [-0.15, -0.1) is 0 Å². The van der Waals surface area contributed by atoms with Gasteiger partial charge in [0.2, 0.25) is 0 Å². The first kappa shape index (κ1) is 12.4. The Hall–Kier alpha value is 1.35. The minimum absolute atomic E-state index is 0.165. The summed E-state index contributed by atoms with van der Waals surface area (Å²) in [5.41, 5.74) is 0. The minimum Gasteiger partial charge on any atom is -0.0886 e. The highest BCUT2D eigenvalue weighted by Gasteiger charge is 2.37. The van der Waals surface area contributed by atoms with Crippen LogP contribution in [0.2, 0.25) is 0 Å². The highest BCUT2D eigenvalue weighted by molar-refractivity contribution is 9.09. The fourth-order valence-electron chi connectivity index (χ4n) is 1.81. The van der Waals surface area contributed by atoms with E-state index in [1.807, 2.05) is 0 Å². The van der Waals surface area contributed by atoms with Gasteiger partial charge < -0.3 is 0 Å². The van der Waals surface area contributed by atoms with Gasteiger partial charge in [-0.1, -0.05) is 76.4 Å². The number of hydrogen-bond donors (Lipinski definition) is 0. The van der Waals surface area contributed by atoms with Gasteiger partial charge in [-0.3, -0.25) is 0 Å². The monoisotopic (exact) mass is 306 g/mol. The first-order valence-electron chi connectivity index (χ1n) is 4.72. The maximum atomic E-state index is 5.93. The lowest BCUT2D eigenvalue weighted by Gasteiger charge is -2.30. The predicted octanol–water partition coefficient (Wildman–Crippen LogP) is 5.09. The zero-order chi connectivity index (χ0) is 9.90. The molecule has 1 saturated carbocycles. The molecule has 1 fully saturated rings. The fraction of sp³-hybridized carbons (Fsp3) is 1.00. The van der Waals surface area contributed by atoms with Crippen molar-refractivity contribution >= 4 is 50.7 Å². The molecule has 0 radical (unpaired) electrons. The Balaban J connectivity index is 2.56. The lowest BCUT2D eigenvalue weighted by molar-refractivity contribution is 0.398. The van der Waals surface area contributed by atoms with E-state index >= 15 is 0 Å². The Bertz CT molecular complexity index is 155. The predicted molar refractivity (Wildman–Crippen MR) is 64.2 cm³/mol. The molecule has 78 valence electrons. The van der Waals surface area contributed by atoms with Crippen LogP contribution in [0.15, 0.2) is 0 Å². The normalized spacial score (nSPS) is 32.3. The van der Waals surface area contributed by atoms with Crippen LogP contribution >= 0.6 is 50.7 Å². The SMILES string of the molecule is ClC(Cl)(Cl)C1CCCCCCC1Br. The van der Waals surface area contributed by atoms with Crippen LogP contribution < -0.4 is 0 Å². The van der Waals surface area contributed by atoms with Crippen molar-refractivity contribution in [3.8, 4) is 0 Å². The van der Waals surface area contributed by atoms with Gasteiger partial charge in [-0.2, -0.15) is 0 Å². The third-order valence-corrected chi connectivity index (χ3v) is 4.54. The highest BCUT2D eigenvalue weighted by Crippen LogP contribution is 2.44. The van der Waals surface area contributed by atoms with Crippen molar-refractivity contribution in [3.05, 3.63) is 0 Å². The summed E-state index contributed by atoms with van der Waals surface area (Å²) in [6, 6.07) is 0. The Morgan fingerprint density at radius 3 is 2.00 bits per heavy atom. The zero-order valence-electron chi connectivity index (χ0n) is 7.41. The van der Waals surface area contributed by atoms with Crippen molar-refractivity contribution in [3.63, 3.8) is 0 Å². The smallest absolute Gasteiger partial charge is 0.0886 e. The first-order chi connectivity index (χ1) is 6.02. The lowest BCUT2D eigenvalue weighted by atomic mass is 9.92. The van der Waals surface area contributed by atoms with Crippen LogP contribution in [-0.2, 0) is 0 Å². The van der Waals surface area contributed by atoms with Gasteiger partial charge in [0.15, 0.2) is 3.79 Å². The Kier molecular flexibility index (Phi) is 5.20. The number of alkyl halides is 4. The molecule has 0 bridgehead atoms. The van der Waals surface area contributed by atoms with E-state index in [1.165, 1.54) is 25.7 Å². The molecule has 0 aliphatic heterocycles. The molecule has 1 rings (SSSR count). The second-order valence-electron chi connectivity index (χ2n) is 3.66. The summed E-state index contributed by atoms with van der Waals surface area (Å²) in [6.45, 7) is 0. The summed E-state index contributed by atoms with van der Waals surface area (Å²) >= 11 is 21.4. The first-order valence-corrected chi connectivity index (χ1v) is 6.77. The van der Waals surface area contributed by atoms with Gasteiger partial charge in [0.05, 0.1) is 0 Å². The van der Waals surface area contributed by atoms with Gasteiger partial charge in [0.25, 0.3) is 0 Å². The molecule has 0 nitrogen and oxygen atoms in total. The molecular weight excluding hydrogens is 294 g/mol. The zero-order valence-corrected chi connectivity index (χ0v) is 11.3. The van der Waals surface area contributed by atoms with E-state index in [9.17, 15) is 0 Å². The molecule has 1 aliphatic carbocycles. The van der Waals surface area contributed by atoms with E-state index in [4.69, 9.17) is 34.8 Å². The van der Waals surface area contributed by atoms with Crippen LogP contribution in [0.25, 0.3) is 0 Å². The van der Waals surface area contributed by atoms with Crippen molar-refractivity contribution < 1.29 is 0 Å². The van der Waals surface area contributed by atoms with Gasteiger partial charge in [-0.25, -0.2) is 0 Å². The van der Waals surface area contributed by atoms with E-state index in [0.717, 1.165) is 12.8 Å². The van der Waals surface area contributed by atoms with Crippen LogP contribution in [0.1, 0.15) is 38.5 Å². The highest BCUT2D eigenvalue weighted by atomic mass is 79.9. The van der Waals surface area contributed by atoms with Crippen molar-refractivity contribution in [1.29, 1.82) is 0 Å². The van der Waals surface area contributed by atoms with Crippen LogP contribution in [0.3, 0.4) is 0 Å². The summed E-state index contributed by atoms with van der Waals surface area (Å²) in [6.07, 6.45) is 7.16. The van der Waals surface area contributed by atoms with Crippen LogP contribution in [0.5, 0.6) is 0 Å². The van der Waals surface area contributed by atoms with E-state index in [2.05, 4.69) is 15.9 Å². The quantitative estimate of drug-likeness (QED) is 0.547. The molecule has 0 spiro atoms. The topological polar surface area (TPSA) is 0 Å². The van der Waals surface area contributed by atoms with E-state index in [-0.39, 0.29) is 5.92 Å². The maximum absolute atomic E-state index is 5.93. The molecule has 2 unspecified atom stereocenters. The van der Waals surface area contributed by atoms with Crippen molar-refractivity contribution in [2.75, 3.05) is 0 Å². The lowest BCUT2D eigenvalue weighted by Crippen LogP contribution is -2.29. The number of halogens is 4. The van der Waals surface area contributed by atoms with Gasteiger partial charge in [0, 0.05) is 10.7 Å².